The van der Waals surface area contributed by atoms with Gasteiger partial charge in [-0.05, 0) is 43.4 Å². The van der Waals surface area contributed by atoms with Gasteiger partial charge in [-0.2, -0.15) is 0 Å². The molecule has 22 heavy (non-hydrogen) atoms. The van der Waals surface area contributed by atoms with Gasteiger partial charge in [0.05, 0.1) is 0 Å². The van der Waals surface area contributed by atoms with E-state index in [0.29, 0.717) is 11.3 Å². The zero-order chi connectivity index (χ0) is 16.2. The molecule has 1 fully saturated rings. The van der Waals surface area contributed by atoms with Gasteiger partial charge in [-0.3, -0.25) is 0 Å². The zero-order valence-corrected chi connectivity index (χ0v) is 15.1. The topological polar surface area (TPSA) is 12.0 Å². The smallest absolute Gasteiger partial charge is 0.0172 e. The number of hydrogen-bond acceptors (Lipinski definition) is 1. The maximum Gasteiger partial charge on any atom is 0.0172 e. The third-order valence-electron chi connectivity index (χ3n) is 6.56. The first-order chi connectivity index (χ1) is 10.5. The molecule has 1 N–H and O–H groups in total. The molecule has 1 spiro atoms. The van der Waals surface area contributed by atoms with Gasteiger partial charge in [0, 0.05) is 23.6 Å². The molecule has 2 aliphatic carbocycles. The lowest BCUT2D eigenvalue weighted by atomic mass is 9.70. The van der Waals surface area contributed by atoms with Crippen molar-refractivity contribution in [2.75, 3.05) is 6.54 Å². The Balaban J connectivity index is 2.00. The van der Waals surface area contributed by atoms with Crippen LogP contribution in [0.15, 0.2) is 11.8 Å². The highest BCUT2D eigenvalue weighted by molar-refractivity contribution is 5.25. The van der Waals surface area contributed by atoms with Crippen molar-refractivity contribution in [1.29, 1.82) is 0 Å². The van der Waals surface area contributed by atoms with Crippen LogP contribution in [0.5, 0.6) is 0 Å². The van der Waals surface area contributed by atoms with E-state index in [4.69, 9.17) is 6.42 Å². The summed E-state index contributed by atoms with van der Waals surface area (Å²) in [7, 11) is 0. The average Bonchev–Trinajstić information content (AvgIpc) is 3.12. The van der Waals surface area contributed by atoms with Crippen molar-refractivity contribution in [3.05, 3.63) is 11.8 Å². The molecule has 1 saturated carbocycles. The minimum Gasteiger partial charge on any atom is -0.388 e. The van der Waals surface area contributed by atoms with Crippen LogP contribution in [-0.2, 0) is 0 Å². The van der Waals surface area contributed by atoms with E-state index in [2.05, 4.69) is 45.0 Å². The van der Waals surface area contributed by atoms with E-state index < -0.39 is 0 Å². The zero-order valence-electron chi connectivity index (χ0n) is 15.1. The summed E-state index contributed by atoms with van der Waals surface area (Å²) in [5.74, 6) is 5.61. The van der Waals surface area contributed by atoms with Gasteiger partial charge < -0.3 is 5.32 Å². The number of nitrogens with one attached hydrogen (secondary N) is 1. The van der Waals surface area contributed by atoms with Gasteiger partial charge in [0.1, 0.15) is 0 Å². The molecule has 0 aromatic heterocycles. The molecule has 0 radical (unpaired) electrons. The Kier molecular flexibility index (Phi) is 6.01. The van der Waals surface area contributed by atoms with Gasteiger partial charge >= 0.3 is 0 Å². The normalized spacial score (nSPS) is 29.1. The predicted octanol–water partition coefficient (Wildman–Crippen LogP) is 5.38. The molecule has 0 aromatic rings. The molecular formula is C21H35N. The standard InChI is InChI=1S/C21H35N/c1-6-16(3)11-10-14-22-20-15-19(17(4)7-2)18(5)21(20)12-8-9-13-21/h1,15-19,22H,7-14H2,2-5H3. The monoisotopic (exact) mass is 301 g/mol. The van der Waals surface area contributed by atoms with Crippen LogP contribution >= 0.6 is 0 Å². The summed E-state index contributed by atoms with van der Waals surface area (Å²) in [4.78, 5) is 0. The average molecular weight is 302 g/mol. The largest absolute Gasteiger partial charge is 0.388 e. The first-order valence-corrected chi connectivity index (χ1v) is 9.47. The van der Waals surface area contributed by atoms with Crippen LogP contribution in [0.4, 0.5) is 0 Å². The molecule has 0 heterocycles. The summed E-state index contributed by atoms with van der Waals surface area (Å²) in [6, 6.07) is 0. The Morgan fingerprint density at radius 1 is 1.36 bits per heavy atom. The maximum absolute atomic E-state index is 5.47. The van der Waals surface area contributed by atoms with E-state index in [9.17, 15) is 0 Å². The van der Waals surface area contributed by atoms with Gasteiger partial charge in [-0.1, -0.05) is 53.0 Å². The molecule has 1 nitrogen and oxygen atoms in total. The van der Waals surface area contributed by atoms with E-state index in [1.807, 2.05) is 0 Å². The third kappa shape index (κ3) is 3.37. The van der Waals surface area contributed by atoms with Crippen LogP contribution in [0.1, 0.15) is 72.6 Å². The fourth-order valence-corrected chi connectivity index (χ4v) is 4.73. The predicted molar refractivity (Wildman–Crippen MR) is 96.3 cm³/mol. The number of hydrogen-bond donors (Lipinski definition) is 1. The minimum absolute atomic E-state index is 0.409. The van der Waals surface area contributed by atoms with Crippen molar-refractivity contribution < 1.29 is 0 Å². The highest BCUT2D eigenvalue weighted by Gasteiger charge is 2.49. The van der Waals surface area contributed by atoms with E-state index in [1.54, 1.807) is 5.70 Å². The van der Waals surface area contributed by atoms with E-state index >= 15 is 0 Å². The van der Waals surface area contributed by atoms with Crippen molar-refractivity contribution in [3.8, 4) is 12.3 Å². The second-order valence-electron chi connectivity index (χ2n) is 7.83. The first-order valence-electron chi connectivity index (χ1n) is 9.47. The Morgan fingerprint density at radius 3 is 2.64 bits per heavy atom. The van der Waals surface area contributed by atoms with Gasteiger partial charge in [0.25, 0.3) is 0 Å². The van der Waals surface area contributed by atoms with E-state index in [-0.39, 0.29) is 0 Å². The third-order valence-corrected chi connectivity index (χ3v) is 6.56. The van der Waals surface area contributed by atoms with Crippen LogP contribution in [0, 0.1) is 41.4 Å². The van der Waals surface area contributed by atoms with Crippen molar-refractivity contribution in [2.45, 2.75) is 72.6 Å². The van der Waals surface area contributed by atoms with Gasteiger partial charge in [0.15, 0.2) is 0 Å². The van der Waals surface area contributed by atoms with Gasteiger partial charge in [-0.25, -0.2) is 0 Å². The lowest BCUT2D eigenvalue weighted by Crippen LogP contribution is -2.33. The van der Waals surface area contributed by atoms with Crippen molar-refractivity contribution in [2.24, 2.45) is 29.1 Å². The summed E-state index contributed by atoms with van der Waals surface area (Å²) in [6.45, 7) is 10.5. The van der Waals surface area contributed by atoms with E-state index in [0.717, 1.165) is 30.7 Å². The molecule has 0 saturated heterocycles. The Hall–Kier alpha value is -0.900. The minimum atomic E-state index is 0.409. The van der Waals surface area contributed by atoms with Gasteiger partial charge in [-0.15, -0.1) is 12.3 Å². The molecule has 2 rings (SSSR count). The molecular weight excluding hydrogens is 266 g/mol. The Morgan fingerprint density at radius 2 is 2.05 bits per heavy atom. The first kappa shape index (κ1) is 17.5. The van der Waals surface area contributed by atoms with Crippen LogP contribution in [0.25, 0.3) is 0 Å². The molecule has 124 valence electrons. The fraction of sp³-hybridized carbons (Fsp3) is 0.810. The van der Waals surface area contributed by atoms with Crippen LogP contribution in [0.3, 0.4) is 0 Å². The maximum atomic E-state index is 5.47. The summed E-state index contributed by atoms with van der Waals surface area (Å²) >= 11 is 0. The van der Waals surface area contributed by atoms with Crippen molar-refractivity contribution in [1.82, 2.24) is 5.32 Å². The second kappa shape index (κ2) is 7.58. The molecule has 4 unspecified atom stereocenters. The van der Waals surface area contributed by atoms with Crippen LogP contribution in [0.2, 0.25) is 0 Å². The van der Waals surface area contributed by atoms with Crippen LogP contribution in [-0.4, -0.2) is 6.54 Å². The lowest BCUT2D eigenvalue weighted by Gasteiger charge is -2.36. The molecule has 0 aromatic carbocycles. The highest BCUT2D eigenvalue weighted by atomic mass is 14.9. The van der Waals surface area contributed by atoms with Crippen molar-refractivity contribution >= 4 is 0 Å². The lowest BCUT2D eigenvalue weighted by molar-refractivity contribution is 0.172. The van der Waals surface area contributed by atoms with Crippen molar-refractivity contribution in [3.63, 3.8) is 0 Å². The summed E-state index contributed by atoms with van der Waals surface area (Å²) < 4.78 is 0. The molecule has 0 bridgehead atoms. The molecule has 1 heteroatoms. The number of terminal acetylenes is 1. The molecule has 0 amide bonds. The summed E-state index contributed by atoms with van der Waals surface area (Å²) in [6.07, 6.45) is 17.3. The van der Waals surface area contributed by atoms with Gasteiger partial charge in [0.2, 0.25) is 0 Å². The number of allylic oxidation sites excluding steroid dienone is 2. The Labute approximate surface area is 138 Å². The highest BCUT2D eigenvalue weighted by Crippen LogP contribution is 2.57. The quantitative estimate of drug-likeness (QED) is 0.491. The number of rotatable bonds is 7. The summed E-state index contributed by atoms with van der Waals surface area (Å²) in [5.41, 5.74) is 2.04. The second-order valence-corrected chi connectivity index (χ2v) is 7.83. The van der Waals surface area contributed by atoms with E-state index in [1.165, 1.54) is 38.5 Å². The van der Waals surface area contributed by atoms with Crippen LogP contribution < -0.4 is 5.32 Å². The molecule has 0 aliphatic heterocycles. The Bertz CT molecular complexity index is 422. The SMILES string of the molecule is C#CC(C)CCCNC1=CC(C(C)CC)C(C)C12CCCC2. The molecule has 4 atom stereocenters. The summed E-state index contributed by atoms with van der Waals surface area (Å²) in [5, 5.41) is 3.83. The fourth-order valence-electron chi connectivity index (χ4n) is 4.73. The molecule has 2 aliphatic rings.